The first-order valence-corrected chi connectivity index (χ1v) is 0. The third-order valence-corrected chi connectivity index (χ3v) is 0. The van der Waals surface area contributed by atoms with E-state index in [4.69, 9.17) is 0 Å². The van der Waals surface area contributed by atoms with Crippen molar-refractivity contribution in [2.75, 3.05) is 0 Å². The van der Waals surface area contributed by atoms with Gasteiger partial charge >= 0.3 is 86.6 Å². The van der Waals surface area contributed by atoms with Gasteiger partial charge in [-0.3, -0.25) is 0 Å². The molecule has 0 atom stereocenters. The molecular weight excluding hydrogens is 461 g/mol. The summed E-state index contributed by atoms with van der Waals surface area (Å²) in [6, 6.07) is 0. The molecule has 5 heteroatoms. The zero-order valence-electron chi connectivity index (χ0n) is 1.38. The third kappa shape index (κ3) is 17.9. The van der Waals surface area contributed by atoms with Gasteiger partial charge in [-0.2, -0.15) is 0 Å². The monoisotopic (exact) mass is 468 g/mol. The Balaban J connectivity index is 0. The van der Waals surface area contributed by atoms with Crippen LogP contribution in [0.25, 0.3) is 0 Å². The SMILES string of the molecule is O.[BaH2].[CaH2].[Cu].[Tl]. The molecule has 0 aliphatic carbocycles. The van der Waals surface area contributed by atoms with E-state index in [1.165, 1.54) is 0 Å². The van der Waals surface area contributed by atoms with Crippen LogP contribution in [0.1, 0.15) is 0 Å². The molecule has 2 radical (unpaired) electrons. The van der Waals surface area contributed by atoms with Crippen molar-refractivity contribution in [2.45, 2.75) is 0 Å². The van der Waals surface area contributed by atoms with E-state index in [2.05, 4.69) is 0 Å². The van der Waals surface area contributed by atoms with Crippen molar-refractivity contribution in [2.24, 2.45) is 0 Å². The molecular formula is H6BaCaCuOTl. The summed E-state index contributed by atoms with van der Waals surface area (Å²) in [7, 11) is 0. The minimum atomic E-state index is 0. The molecule has 2 N–H and O–H groups in total. The van der Waals surface area contributed by atoms with Crippen molar-refractivity contribution >= 4 is 114 Å². The van der Waals surface area contributed by atoms with Crippen LogP contribution < -0.4 is 0 Å². The molecule has 0 aliphatic rings. The van der Waals surface area contributed by atoms with E-state index in [0.29, 0.717) is 0 Å². The van der Waals surface area contributed by atoms with E-state index in [0.717, 1.165) is 0 Å². The Morgan fingerprint density at radius 3 is 1.00 bits per heavy atom. The Labute approximate surface area is 132 Å². The first kappa shape index (κ1) is 34.9. The van der Waals surface area contributed by atoms with E-state index in [-0.39, 0.29) is 136 Å². The largest absolute Gasteiger partial charge is 0 e. The average Bonchev–Trinajstić information content (AvgIpc) is 0. The van der Waals surface area contributed by atoms with E-state index in [9.17, 15) is 0 Å². The summed E-state index contributed by atoms with van der Waals surface area (Å²) >= 11 is 0. The van der Waals surface area contributed by atoms with Gasteiger partial charge in [-0.05, 0) is 0 Å². The zero-order valence-corrected chi connectivity index (χ0v) is 6.81. The summed E-state index contributed by atoms with van der Waals surface area (Å²) in [6.45, 7) is 0. The van der Waals surface area contributed by atoms with Crippen LogP contribution in [0.3, 0.4) is 0 Å². The van der Waals surface area contributed by atoms with Gasteiger partial charge in [0.2, 0.25) is 0 Å². The molecule has 0 unspecified atom stereocenters. The zero-order chi connectivity index (χ0) is 0. The fraction of sp³-hybridized carbons (Fsp3) is 0. The molecule has 0 aromatic carbocycles. The molecule has 5 heavy (non-hydrogen) atoms. The van der Waals surface area contributed by atoms with Gasteiger partial charge < -0.3 is 5.48 Å². The van der Waals surface area contributed by atoms with Gasteiger partial charge in [0.1, 0.15) is 0 Å². The van der Waals surface area contributed by atoms with E-state index in [1.54, 1.807) is 0 Å². The topological polar surface area (TPSA) is 31.5 Å². The van der Waals surface area contributed by atoms with Gasteiger partial charge in [0.05, 0.1) is 0 Å². The summed E-state index contributed by atoms with van der Waals surface area (Å²) < 4.78 is 0. The molecule has 0 spiro atoms. The van der Waals surface area contributed by atoms with Crippen LogP contribution in [0.15, 0.2) is 0 Å². The molecule has 0 aliphatic heterocycles. The molecule has 1 nitrogen and oxygen atoms in total. The number of hydrogen-bond acceptors (Lipinski definition) is 0. The van der Waals surface area contributed by atoms with Crippen LogP contribution in [0.4, 0.5) is 0 Å². The summed E-state index contributed by atoms with van der Waals surface area (Å²) in [5, 5.41) is 0. The Kier molecular flexibility index (Phi) is 168. The number of hydrogen-bond donors (Lipinski definition) is 0. The molecule has 0 aromatic heterocycles. The molecule has 0 saturated carbocycles. The van der Waals surface area contributed by atoms with Gasteiger partial charge in [-0.1, -0.05) is 0 Å². The summed E-state index contributed by atoms with van der Waals surface area (Å²) in [4.78, 5) is 0. The smallest absolute Gasteiger partial charge is 0 e. The van der Waals surface area contributed by atoms with Gasteiger partial charge in [0.15, 0.2) is 0 Å². The fourth-order valence-electron chi connectivity index (χ4n) is 0. The van der Waals surface area contributed by atoms with Gasteiger partial charge in [-0.15, -0.1) is 0 Å². The minimum absolute atomic E-state index is 0. The van der Waals surface area contributed by atoms with Crippen molar-refractivity contribution in [3.05, 3.63) is 0 Å². The molecule has 0 rings (SSSR count). The first-order chi connectivity index (χ1) is 0. The van der Waals surface area contributed by atoms with Crippen LogP contribution >= 0.6 is 0 Å². The van der Waals surface area contributed by atoms with E-state index < -0.39 is 0 Å². The van der Waals surface area contributed by atoms with Crippen molar-refractivity contribution in [1.29, 1.82) is 0 Å². The Bertz CT molecular complexity index is 11.6. The third-order valence-electron chi connectivity index (χ3n) is 0. The molecule has 30 valence electrons. The maximum Gasteiger partial charge on any atom is 0 e. The second-order valence-corrected chi connectivity index (χ2v) is 0. The molecule has 0 amide bonds. The first-order valence-electron chi connectivity index (χ1n) is 0. The van der Waals surface area contributed by atoms with E-state index in [1.807, 2.05) is 0 Å². The van der Waals surface area contributed by atoms with Crippen molar-refractivity contribution < 1.29 is 22.5 Å². The second-order valence-electron chi connectivity index (χ2n) is 0. The van der Waals surface area contributed by atoms with Crippen LogP contribution in [-0.4, -0.2) is 119 Å². The van der Waals surface area contributed by atoms with Gasteiger partial charge in [-0.25, -0.2) is 0 Å². The summed E-state index contributed by atoms with van der Waals surface area (Å²) in [5.74, 6) is 0. The number of rotatable bonds is 0. The van der Waals surface area contributed by atoms with Crippen LogP contribution in [0.5, 0.6) is 0 Å². The normalized spacial score (nSPS) is 0. The Morgan fingerprint density at radius 2 is 1.00 bits per heavy atom. The van der Waals surface area contributed by atoms with Crippen LogP contribution in [0, 0.1) is 0 Å². The van der Waals surface area contributed by atoms with Crippen molar-refractivity contribution in [3.8, 4) is 0 Å². The van der Waals surface area contributed by atoms with Crippen LogP contribution in [-0.2, 0) is 17.1 Å². The molecule has 0 heterocycles. The minimum Gasteiger partial charge on any atom is 0 e. The Morgan fingerprint density at radius 1 is 1.00 bits per heavy atom. The quantitative estimate of drug-likeness (QED) is 0.340. The summed E-state index contributed by atoms with van der Waals surface area (Å²) in [5.41, 5.74) is 0. The fourth-order valence-corrected chi connectivity index (χ4v) is 0. The van der Waals surface area contributed by atoms with Gasteiger partial charge in [0.25, 0.3) is 0 Å². The van der Waals surface area contributed by atoms with Gasteiger partial charge in [0, 0.05) is 44.4 Å². The molecule has 0 bridgehead atoms. The maximum absolute atomic E-state index is 0. The maximum atomic E-state index is 0. The average molecular weight is 467 g/mol. The second kappa shape index (κ2) is 24.0. The Hall–Kier alpha value is 4.23. The van der Waals surface area contributed by atoms with E-state index >= 15 is 0 Å². The summed E-state index contributed by atoms with van der Waals surface area (Å²) in [6.07, 6.45) is 0. The van der Waals surface area contributed by atoms with Crippen LogP contribution in [0.2, 0.25) is 0 Å². The predicted octanol–water partition coefficient (Wildman–Crippen LogP) is -3.04. The molecule has 0 saturated heterocycles. The molecule has 0 fully saturated rings. The predicted molar refractivity (Wildman–Crippen MR) is 26.5 cm³/mol. The molecule has 0 aromatic rings. The van der Waals surface area contributed by atoms with Crippen molar-refractivity contribution in [1.82, 2.24) is 0 Å². The standard InChI is InChI=1S/Ba.Ca.Cu.H2O.Tl.4H/h;;;1H2;;;;;. The van der Waals surface area contributed by atoms with Crippen molar-refractivity contribution in [3.63, 3.8) is 0 Å².